The number of nitrogens with zero attached hydrogens (tertiary/aromatic N) is 1. The van der Waals surface area contributed by atoms with Gasteiger partial charge in [0.2, 0.25) is 0 Å². The maximum atomic E-state index is 13.6. The van der Waals surface area contributed by atoms with E-state index in [2.05, 4.69) is 12.2 Å². The molecule has 1 N–H and O–H groups in total. The van der Waals surface area contributed by atoms with E-state index in [0.29, 0.717) is 43.7 Å². The lowest BCUT2D eigenvalue weighted by molar-refractivity contribution is 0.0601. The van der Waals surface area contributed by atoms with Crippen LogP contribution in [0.25, 0.3) is 22.2 Å². The van der Waals surface area contributed by atoms with Gasteiger partial charge in [0.15, 0.2) is 0 Å². The van der Waals surface area contributed by atoms with Crippen LogP contribution in [0.2, 0.25) is 5.02 Å². The van der Waals surface area contributed by atoms with Gasteiger partial charge in [0.25, 0.3) is 5.91 Å². The minimum absolute atomic E-state index is 0.316. The van der Waals surface area contributed by atoms with Gasteiger partial charge in [-0.25, -0.2) is 9.78 Å². The Morgan fingerprint density at radius 3 is 2.71 bits per heavy atom. The molecule has 0 aliphatic heterocycles. The number of rotatable bonds is 4. The van der Waals surface area contributed by atoms with Crippen LogP contribution in [0.15, 0.2) is 54.6 Å². The summed E-state index contributed by atoms with van der Waals surface area (Å²) in [6, 6.07) is 16.8. The minimum atomic E-state index is -0.421. The molecule has 172 valence electrons. The quantitative estimate of drug-likeness (QED) is 0.320. The summed E-state index contributed by atoms with van der Waals surface area (Å²) in [5.41, 5.74) is 4.18. The number of pyridine rings is 1. The van der Waals surface area contributed by atoms with E-state index in [-0.39, 0.29) is 5.91 Å². The van der Waals surface area contributed by atoms with Crippen molar-refractivity contribution in [2.45, 2.75) is 26.2 Å². The number of hydrogen-bond donors (Lipinski definition) is 1. The molecule has 0 spiro atoms. The van der Waals surface area contributed by atoms with Crippen LogP contribution in [0.5, 0.6) is 0 Å². The molecule has 7 heteroatoms. The average molecular weight is 491 g/mol. The summed E-state index contributed by atoms with van der Waals surface area (Å²) in [7, 11) is 1.37. The van der Waals surface area contributed by atoms with Crippen LogP contribution in [0.1, 0.15) is 44.5 Å². The number of ether oxygens (including phenoxy) is 1. The van der Waals surface area contributed by atoms with Gasteiger partial charge in [0.1, 0.15) is 5.00 Å². The van der Waals surface area contributed by atoms with E-state index >= 15 is 0 Å². The van der Waals surface area contributed by atoms with Crippen LogP contribution in [0.4, 0.5) is 5.00 Å². The number of halogens is 1. The zero-order chi connectivity index (χ0) is 23.8. The highest BCUT2D eigenvalue weighted by atomic mass is 35.5. The second-order valence-electron chi connectivity index (χ2n) is 8.58. The Bertz CT molecular complexity index is 1410. The summed E-state index contributed by atoms with van der Waals surface area (Å²) in [5.74, 6) is -0.196. The fraction of sp³-hybridized carbons (Fsp3) is 0.222. The Labute approximate surface area is 206 Å². The molecule has 0 unspecified atom stereocenters. The molecule has 5 nitrogen and oxygen atoms in total. The number of thiophene rings is 1. The van der Waals surface area contributed by atoms with Crippen molar-refractivity contribution in [3.05, 3.63) is 81.2 Å². The summed E-state index contributed by atoms with van der Waals surface area (Å²) in [6.07, 6.45) is 2.71. The van der Waals surface area contributed by atoms with Crippen molar-refractivity contribution in [3.63, 3.8) is 0 Å². The van der Waals surface area contributed by atoms with E-state index < -0.39 is 5.97 Å². The number of aromatic nitrogens is 1. The highest BCUT2D eigenvalue weighted by molar-refractivity contribution is 7.17. The normalized spacial score (nSPS) is 15.1. The zero-order valence-electron chi connectivity index (χ0n) is 18.9. The van der Waals surface area contributed by atoms with E-state index in [4.69, 9.17) is 21.3 Å². The first-order valence-corrected chi connectivity index (χ1v) is 12.3. The summed E-state index contributed by atoms with van der Waals surface area (Å²) >= 11 is 7.73. The number of carbonyl (C=O) groups is 2. The van der Waals surface area contributed by atoms with Gasteiger partial charge >= 0.3 is 5.97 Å². The Balaban J connectivity index is 1.61. The molecule has 4 aromatic rings. The molecule has 0 bridgehead atoms. The van der Waals surface area contributed by atoms with Gasteiger partial charge in [-0.2, -0.15) is 0 Å². The van der Waals surface area contributed by atoms with Gasteiger partial charge in [0, 0.05) is 20.8 Å². The predicted molar refractivity (Wildman–Crippen MR) is 137 cm³/mol. The smallest absolute Gasteiger partial charge is 0.341 e. The maximum absolute atomic E-state index is 13.6. The molecule has 0 saturated heterocycles. The Kier molecular flexibility index (Phi) is 6.11. The topological polar surface area (TPSA) is 68.3 Å². The summed E-state index contributed by atoms with van der Waals surface area (Å²) in [6.45, 7) is 2.21. The first-order chi connectivity index (χ1) is 16.4. The molecular weight excluding hydrogens is 468 g/mol. The Hall–Kier alpha value is -3.22. The highest BCUT2D eigenvalue weighted by Crippen LogP contribution is 2.40. The van der Waals surface area contributed by atoms with Gasteiger partial charge in [-0.15, -0.1) is 11.3 Å². The summed E-state index contributed by atoms with van der Waals surface area (Å²) in [5, 5.41) is 4.72. The molecule has 2 heterocycles. The second kappa shape index (κ2) is 9.20. The highest BCUT2D eigenvalue weighted by Gasteiger charge is 2.29. The lowest BCUT2D eigenvalue weighted by Crippen LogP contribution is -2.16. The third kappa shape index (κ3) is 4.19. The van der Waals surface area contributed by atoms with Crippen molar-refractivity contribution in [1.82, 2.24) is 4.98 Å². The minimum Gasteiger partial charge on any atom is -0.465 e. The third-order valence-corrected chi connectivity index (χ3v) is 7.62. The van der Waals surface area contributed by atoms with Crippen molar-refractivity contribution < 1.29 is 14.3 Å². The molecule has 1 amide bonds. The largest absolute Gasteiger partial charge is 0.465 e. The van der Waals surface area contributed by atoms with E-state index in [0.717, 1.165) is 35.3 Å². The Morgan fingerprint density at radius 2 is 1.94 bits per heavy atom. The average Bonchev–Trinajstić information content (AvgIpc) is 3.20. The van der Waals surface area contributed by atoms with Gasteiger partial charge < -0.3 is 10.1 Å². The van der Waals surface area contributed by atoms with Crippen LogP contribution < -0.4 is 5.32 Å². The van der Waals surface area contributed by atoms with Crippen molar-refractivity contribution in [3.8, 4) is 11.3 Å². The molecule has 1 aliphatic rings. The lowest BCUT2D eigenvalue weighted by atomic mass is 9.88. The van der Waals surface area contributed by atoms with E-state index in [1.807, 2.05) is 36.4 Å². The van der Waals surface area contributed by atoms with Gasteiger partial charge in [0.05, 0.1) is 29.4 Å². The molecule has 34 heavy (non-hydrogen) atoms. The number of fused-ring (bicyclic) bond motifs is 2. The first kappa shape index (κ1) is 22.6. The number of esters is 1. The lowest BCUT2D eigenvalue weighted by Gasteiger charge is -2.18. The molecule has 5 rings (SSSR count). The number of anilines is 1. The summed E-state index contributed by atoms with van der Waals surface area (Å²) < 4.78 is 5.07. The standard InChI is InChI=1S/C27H23ClN2O3S/c1-15-8-10-18-23(12-15)34-26(24(18)27(32)33-2)30-25(31)20-14-22(16-6-4-3-5-7-16)29-21-11-9-17(28)13-19(20)21/h3-7,9,11,13-15H,8,10,12H2,1-2H3,(H,30,31)/t15-/m0/s1. The van der Waals surface area contributed by atoms with Crippen molar-refractivity contribution in [1.29, 1.82) is 0 Å². The zero-order valence-corrected chi connectivity index (χ0v) is 20.4. The van der Waals surface area contributed by atoms with E-state index in [1.54, 1.807) is 18.2 Å². The molecule has 1 atom stereocenters. The number of amides is 1. The van der Waals surface area contributed by atoms with Gasteiger partial charge in [-0.05, 0) is 55.0 Å². The molecule has 2 aromatic carbocycles. The second-order valence-corrected chi connectivity index (χ2v) is 10.1. The number of benzene rings is 2. The molecule has 0 radical (unpaired) electrons. The number of carbonyl (C=O) groups excluding carboxylic acids is 2. The van der Waals surface area contributed by atoms with Crippen LogP contribution in [0.3, 0.4) is 0 Å². The fourth-order valence-electron chi connectivity index (χ4n) is 4.47. The third-order valence-electron chi connectivity index (χ3n) is 6.21. The molecule has 0 fully saturated rings. The van der Waals surface area contributed by atoms with Gasteiger partial charge in [-0.1, -0.05) is 48.9 Å². The van der Waals surface area contributed by atoms with Crippen molar-refractivity contribution in [2.75, 3.05) is 12.4 Å². The number of methoxy groups -OCH3 is 1. The van der Waals surface area contributed by atoms with E-state index in [9.17, 15) is 9.59 Å². The molecular formula is C27H23ClN2O3S. The molecule has 1 aliphatic carbocycles. The maximum Gasteiger partial charge on any atom is 0.341 e. The first-order valence-electron chi connectivity index (χ1n) is 11.1. The van der Waals surface area contributed by atoms with Crippen molar-refractivity contribution in [2.24, 2.45) is 5.92 Å². The predicted octanol–water partition coefficient (Wildman–Crippen LogP) is 6.78. The van der Waals surface area contributed by atoms with Crippen LogP contribution in [-0.4, -0.2) is 24.0 Å². The summed E-state index contributed by atoms with van der Waals surface area (Å²) in [4.78, 5) is 32.2. The van der Waals surface area contributed by atoms with Crippen LogP contribution in [-0.2, 0) is 17.6 Å². The molecule has 0 saturated carbocycles. The number of nitrogens with one attached hydrogen (secondary N) is 1. The monoisotopic (exact) mass is 490 g/mol. The molecule has 2 aromatic heterocycles. The SMILES string of the molecule is COC(=O)c1c(NC(=O)c2cc(-c3ccccc3)nc3ccc(Cl)cc23)sc2c1CC[C@H](C)C2. The van der Waals surface area contributed by atoms with Crippen LogP contribution in [0, 0.1) is 5.92 Å². The van der Waals surface area contributed by atoms with E-state index in [1.165, 1.54) is 18.4 Å². The number of hydrogen-bond acceptors (Lipinski definition) is 5. The Morgan fingerprint density at radius 1 is 1.15 bits per heavy atom. The fourth-order valence-corrected chi connectivity index (χ4v) is 6.04. The van der Waals surface area contributed by atoms with Gasteiger partial charge in [-0.3, -0.25) is 4.79 Å². The van der Waals surface area contributed by atoms with Crippen LogP contribution >= 0.6 is 22.9 Å². The van der Waals surface area contributed by atoms with Crippen molar-refractivity contribution >= 4 is 50.7 Å².